The van der Waals surface area contributed by atoms with Crippen LogP contribution >= 0.6 is 0 Å². The van der Waals surface area contributed by atoms with Gasteiger partial charge in [0.1, 0.15) is 0 Å². The summed E-state index contributed by atoms with van der Waals surface area (Å²) < 4.78 is 11.3. The van der Waals surface area contributed by atoms with Gasteiger partial charge in [-0.1, -0.05) is 26.8 Å². The third-order valence-electron chi connectivity index (χ3n) is 4.47. The lowest BCUT2D eigenvalue weighted by Gasteiger charge is -2.30. The van der Waals surface area contributed by atoms with Crippen LogP contribution in [0.4, 0.5) is 0 Å². The van der Waals surface area contributed by atoms with E-state index in [4.69, 9.17) is 9.47 Å². The van der Waals surface area contributed by atoms with Crippen LogP contribution in [0.15, 0.2) is 18.2 Å². The molecule has 3 heteroatoms. The van der Waals surface area contributed by atoms with E-state index in [1.54, 1.807) is 0 Å². The van der Waals surface area contributed by atoms with Crippen LogP contribution in [0, 0.1) is 11.3 Å². The van der Waals surface area contributed by atoms with Gasteiger partial charge in [-0.15, -0.1) is 0 Å². The highest BCUT2D eigenvalue weighted by Crippen LogP contribution is 2.53. The zero-order valence-corrected chi connectivity index (χ0v) is 13.9. The summed E-state index contributed by atoms with van der Waals surface area (Å²) >= 11 is 0. The lowest BCUT2D eigenvalue weighted by atomic mass is 9.83. The molecule has 1 aliphatic rings. The molecule has 0 saturated heterocycles. The minimum Gasteiger partial charge on any atom is -0.490 e. The van der Waals surface area contributed by atoms with E-state index in [9.17, 15) is 5.11 Å². The summed E-state index contributed by atoms with van der Waals surface area (Å²) in [6, 6.07) is 5.84. The molecule has 1 aliphatic carbocycles. The van der Waals surface area contributed by atoms with Gasteiger partial charge in [0.15, 0.2) is 11.5 Å². The van der Waals surface area contributed by atoms with Crippen LogP contribution in [-0.4, -0.2) is 18.3 Å². The molecule has 0 amide bonds. The monoisotopic (exact) mass is 292 g/mol. The minimum absolute atomic E-state index is 0.165. The second-order valence-corrected chi connectivity index (χ2v) is 6.90. The Hall–Kier alpha value is -1.22. The van der Waals surface area contributed by atoms with Gasteiger partial charge >= 0.3 is 0 Å². The molecule has 1 aromatic carbocycles. The van der Waals surface area contributed by atoms with Crippen molar-refractivity contribution in [2.45, 2.75) is 53.1 Å². The van der Waals surface area contributed by atoms with E-state index in [-0.39, 0.29) is 11.3 Å². The lowest BCUT2D eigenvalue weighted by molar-refractivity contribution is -0.00110. The van der Waals surface area contributed by atoms with E-state index >= 15 is 0 Å². The molecule has 2 unspecified atom stereocenters. The normalized spacial score (nSPS) is 27.6. The fraction of sp³-hybridized carbons (Fsp3) is 0.667. The molecule has 3 nitrogen and oxygen atoms in total. The van der Waals surface area contributed by atoms with Crippen molar-refractivity contribution in [3.63, 3.8) is 0 Å². The van der Waals surface area contributed by atoms with Crippen molar-refractivity contribution in [3.05, 3.63) is 23.8 Å². The standard InChI is InChI=1S/C18H28O3/c1-6-20-15-9-8-14(10-16(15)21-7-2)18(19)12-17(4,5)11-13(18)3/h8-10,13,19H,6-7,11-12H2,1-5H3. The minimum atomic E-state index is -0.778. The molecule has 1 aromatic rings. The predicted molar refractivity (Wildman–Crippen MR) is 84.9 cm³/mol. The van der Waals surface area contributed by atoms with Crippen LogP contribution in [0.25, 0.3) is 0 Å². The molecule has 1 fully saturated rings. The third-order valence-corrected chi connectivity index (χ3v) is 4.47. The molecule has 1 N–H and O–H groups in total. The summed E-state index contributed by atoms with van der Waals surface area (Å²) in [6.07, 6.45) is 1.81. The highest BCUT2D eigenvalue weighted by atomic mass is 16.5. The van der Waals surface area contributed by atoms with Crippen molar-refractivity contribution in [2.24, 2.45) is 11.3 Å². The first kappa shape index (κ1) is 16.2. The number of hydrogen-bond acceptors (Lipinski definition) is 3. The quantitative estimate of drug-likeness (QED) is 0.887. The zero-order valence-electron chi connectivity index (χ0n) is 13.9. The Balaban J connectivity index is 2.38. The van der Waals surface area contributed by atoms with Gasteiger partial charge in [0, 0.05) is 0 Å². The van der Waals surface area contributed by atoms with E-state index in [1.165, 1.54) is 0 Å². The van der Waals surface area contributed by atoms with Gasteiger partial charge in [-0.05, 0) is 55.7 Å². The molecule has 21 heavy (non-hydrogen) atoms. The fourth-order valence-corrected chi connectivity index (χ4v) is 3.68. The van der Waals surface area contributed by atoms with Gasteiger partial charge in [-0.25, -0.2) is 0 Å². The predicted octanol–water partition coefficient (Wildman–Crippen LogP) is 4.13. The number of hydrogen-bond donors (Lipinski definition) is 1. The number of benzene rings is 1. The Labute approximate surface area is 128 Å². The molecule has 1 saturated carbocycles. The molecule has 0 spiro atoms. The highest BCUT2D eigenvalue weighted by Gasteiger charge is 2.48. The smallest absolute Gasteiger partial charge is 0.161 e. The van der Waals surface area contributed by atoms with E-state index in [1.807, 2.05) is 32.0 Å². The Morgan fingerprint density at radius 1 is 1.14 bits per heavy atom. The van der Waals surface area contributed by atoms with Gasteiger partial charge in [0.05, 0.1) is 18.8 Å². The summed E-state index contributed by atoms with van der Waals surface area (Å²) in [4.78, 5) is 0. The van der Waals surface area contributed by atoms with Crippen molar-refractivity contribution in [3.8, 4) is 11.5 Å². The molecule has 0 radical (unpaired) electrons. The first-order valence-electron chi connectivity index (χ1n) is 7.95. The first-order chi connectivity index (χ1) is 9.82. The first-order valence-corrected chi connectivity index (χ1v) is 7.95. The van der Waals surface area contributed by atoms with Gasteiger partial charge in [0.25, 0.3) is 0 Å². The van der Waals surface area contributed by atoms with Crippen LogP contribution in [-0.2, 0) is 5.60 Å². The molecule has 118 valence electrons. The van der Waals surface area contributed by atoms with E-state index in [0.717, 1.165) is 29.9 Å². The van der Waals surface area contributed by atoms with E-state index < -0.39 is 5.60 Å². The molecule has 0 bridgehead atoms. The second kappa shape index (κ2) is 5.88. The Morgan fingerprint density at radius 3 is 2.29 bits per heavy atom. The van der Waals surface area contributed by atoms with Crippen LogP contribution in [0.3, 0.4) is 0 Å². The Kier molecular flexibility index (Phi) is 4.52. The Bertz CT molecular complexity index is 495. The molecular weight excluding hydrogens is 264 g/mol. The van der Waals surface area contributed by atoms with Crippen molar-refractivity contribution >= 4 is 0 Å². The Morgan fingerprint density at radius 2 is 1.76 bits per heavy atom. The molecule has 0 aliphatic heterocycles. The summed E-state index contributed by atoms with van der Waals surface area (Å²) in [6.45, 7) is 11.7. The van der Waals surface area contributed by atoms with Crippen molar-refractivity contribution < 1.29 is 14.6 Å². The molecule has 0 heterocycles. The SMILES string of the molecule is CCOc1ccc(C2(O)CC(C)(C)CC2C)cc1OCC. The van der Waals surface area contributed by atoms with Crippen molar-refractivity contribution in [1.29, 1.82) is 0 Å². The van der Waals surface area contributed by atoms with Crippen LogP contribution in [0.5, 0.6) is 11.5 Å². The number of ether oxygens (including phenoxy) is 2. The maximum atomic E-state index is 11.2. The molecule has 2 rings (SSSR count). The average molecular weight is 292 g/mol. The van der Waals surface area contributed by atoms with Crippen LogP contribution in [0.2, 0.25) is 0 Å². The maximum absolute atomic E-state index is 11.2. The van der Waals surface area contributed by atoms with Gasteiger partial charge in [-0.3, -0.25) is 0 Å². The fourth-order valence-electron chi connectivity index (χ4n) is 3.68. The third kappa shape index (κ3) is 3.18. The summed E-state index contributed by atoms with van der Waals surface area (Å²) in [7, 11) is 0. The summed E-state index contributed by atoms with van der Waals surface area (Å²) in [5, 5.41) is 11.2. The lowest BCUT2D eigenvalue weighted by Crippen LogP contribution is -2.29. The van der Waals surface area contributed by atoms with Crippen LogP contribution in [0.1, 0.15) is 53.0 Å². The van der Waals surface area contributed by atoms with Gasteiger partial charge in [0.2, 0.25) is 0 Å². The molecular formula is C18H28O3. The number of rotatable bonds is 5. The topological polar surface area (TPSA) is 38.7 Å². The van der Waals surface area contributed by atoms with Crippen LogP contribution < -0.4 is 9.47 Å². The second-order valence-electron chi connectivity index (χ2n) is 6.90. The average Bonchev–Trinajstić information content (AvgIpc) is 2.61. The molecule has 2 atom stereocenters. The van der Waals surface area contributed by atoms with E-state index in [2.05, 4.69) is 20.8 Å². The van der Waals surface area contributed by atoms with Gasteiger partial charge < -0.3 is 14.6 Å². The zero-order chi connectivity index (χ0) is 15.7. The maximum Gasteiger partial charge on any atom is 0.161 e. The molecule has 0 aromatic heterocycles. The van der Waals surface area contributed by atoms with Gasteiger partial charge in [-0.2, -0.15) is 0 Å². The largest absolute Gasteiger partial charge is 0.490 e. The number of aliphatic hydroxyl groups is 1. The highest BCUT2D eigenvalue weighted by molar-refractivity contribution is 5.45. The van der Waals surface area contributed by atoms with E-state index in [0.29, 0.717) is 13.2 Å². The van der Waals surface area contributed by atoms with Crippen molar-refractivity contribution in [1.82, 2.24) is 0 Å². The summed E-state index contributed by atoms with van der Waals surface area (Å²) in [5.41, 5.74) is 0.325. The van der Waals surface area contributed by atoms with Crippen molar-refractivity contribution in [2.75, 3.05) is 13.2 Å². The summed E-state index contributed by atoms with van der Waals surface area (Å²) in [5.74, 6) is 1.71.